The Balaban J connectivity index is 2.02. The average molecular weight is 368 g/mol. The molecule has 1 aromatic heterocycles. The second kappa shape index (κ2) is 8.57. The number of nitrogens with zero attached hydrogens (tertiary/aromatic N) is 5. The lowest BCUT2D eigenvalue weighted by atomic mass is 10.1. The van der Waals surface area contributed by atoms with Crippen LogP contribution in [0.1, 0.15) is 33.3 Å². The van der Waals surface area contributed by atoms with Gasteiger partial charge >= 0.3 is 0 Å². The van der Waals surface area contributed by atoms with E-state index < -0.39 is 5.91 Å². The van der Waals surface area contributed by atoms with Gasteiger partial charge in [-0.25, -0.2) is 0 Å². The van der Waals surface area contributed by atoms with Crippen LogP contribution in [-0.2, 0) is 0 Å². The molecule has 0 aliphatic heterocycles. The number of nitrogens with one attached hydrogen (secondary N) is 2. The van der Waals surface area contributed by atoms with Gasteiger partial charge in [-0.05, 0) is 31.2 Å². The summed E-state index contributed by atoms with van der Waals surface area (Å²) in [5.41, 5.74) is 6.13. The normalized spacial score (nSPS) is 11.2. The monoisotopic (exact) mass is 368 g/mol. The summed E-state index contributed by atoms with van der Waals surface area (Å²) >= 11 is 0. The van der Waals surface area contributed by atoms with E-state index in [1.807, 2.05) is 13.0 Å². The van der Waals surface area contributed by atoms with Gasteiger partial charge in [0, 0.05) is 32.2 Å². The maximum Gasteiger partial charge on any atom is 0.273 e. The molecular weight excluding hydrogens is 348 g/mol. The van der Waals surface area contributed by atoms with Gasteiger partial charge in [-0.15, -0.1) is 10.2 Å². The third-order valence-electron chi connectivity index (χ3n) is 3.69. The molecule has 0 fully saturated rings. The van der Waals surface area contributed by atoms with E-state index in [1.54, 1.807) is 43.3 Å². The Hall–Kier alpha value is -3.74. The number of benzene rings is 1. The van der Waals surface area contributed by atoms with Crippen molar-refractivity contribution in [2.24, 2.45) is 5.73 Å². The van der Waals surface area contributed by atoms with E-state index in [-0.39, 0.29) is 29.4 Å². The van der Waals surface area contributed by atoms with Crippen LogP contribution >= 0.6 is 0 Å². The number of hydrogen-bond donors (Lipinski definition) is 3. The summed E-state index contributed by atoms with van der Waals surface area (Å²) in [5, 5.41) is 22.1. The minimum atomic E-state index is -0.725. The smallest absolute Gasteiger partial charge is 0.273 e. The highest BCUT2D eigenvalue weighted by molar-refractivity contribution is 5.95. The second-order valence-corrected chi connectivity index (χ2v) is 5.87. The SMILES string of the molecule is CNc1nc(N(C)CC(C)NC(=O)c2ccc(C#N)cc2)nnc1C(N)=O. The Morgan fingerprint density at radius 1 is 1.30 bits per heavy atom. The number of likely N-dealkylation sites (N-methyl/N-ethyl adjacent to an activating group) is 1. The highest BCUT2D eigenvalue weighted by Crippen LogP contribution is 2.12. The molecule has 4 N–H and O–H groups in total. The fourth-order valence-electron chi connectivity index (χ4n) is 2.36. The standard InChI is InChI=1S/C17H20N8O2/c1-10(21-16(27)12-6-4-11(8-18)5-7-12)9-25(3)17-22-15(20-2)13(14(19)26)23-24-17/h4-7,10H,9H2,1-3H3,(H2,19,26)(H,21,27)(H,20,22,24). The number of nitriles is 1. The number of anilines is 2. The maximum atomic E-state index is 12.3. The summed E-state index contributed by atoms with van der Waals surface area (Å²) in [4.78, 5) is 29.5. The van der Waals surface area contributed by atoms with E-state index >= 15 is 0 Å². The molecule has 1 heterocycles. The third kappa shape index (κ3) is 4.88. The number of carbonyl (C=O) groups excluding carboxylic acids is 2. The number of aromatic nitrogens is 3. The molecule has 0 spiro atoms. The third-order valence-corrected chi connectivity index (χ3v) is 3.69. The first kappa shape index (κ1) is 19.6. The average Bonchev–Trinajstić information content (AvgIpc) is 2.67. The Bertz CT molecular complexity index is 875. The van der Waals surface area contributed by atoms with E-state index in [9.17, 15) is 9.59 Å². The molecule has 10 nitrogen and oxygen atoms in total. The Labute approximate surface area is 156 Å². The van der Waals surface area contributed by atoms with Gasteiger partial charge in [0.2, 0.25) is 5.95 Å². The number of hydrogen-bond acceptors (Lipinski definition) is 8. The molecule has 0 saturated carbocycles. The largest absolute Gasteiger partial charge is 0.371 e. The zero-order valence-corrected chi connectivity index (χ0v) is 15.2. The van der Waals surface area contributed by atoms with E-state index in [0.717, 1.165) is 0 Å². The fourth-order valence-corrected chi connectivity index (χ4v) is 2.36. The first-order valence-electron chi connectivity index (χ1n) is 8.10. The van der Waals surface area contributed by atoms with Gasteiger partial charge < -0.3 is 21.3 Å². The zero-order chi connectivity index (χ0) is 20.0. The first-order chi connectivity index (χ1) is 12.8. The lowest BCUT2D eigenvalue weighted by molar-refractivity contribution is 0.0939. The number of carbonyl (C=O) groups is 2. The Morgan fingerprint density at radius 3 is 2.52 bits per heavy atom. The van der Waals surface area contributed by atoms with Gasteiger partial charge in [0.1, 0.15) is 0 Å². The van der Waals surface area contributed by atoms with Crippen LogP contribution in [0.25, 0.3) is 0 Å². The molecule has 0 saturated heterocycles. The summed E-state index contributed by atoms with van der Waals surface area (Å²) in [7, 11) is 3.34. The molecule has 2 aromatic rings. The van der Waals surface area contributed by atoms with E-state index in [0.29, 0.717) is 17.7 Å². The van der Waals surface area contributed by atoms with Gasteiger partial charge in [0.25, 0.3) is 11.8 Å². The van der Waals surface area contributed by atoms with Crippen LogP contribution in [0.15, 0.2) is 24.3 Å². The minimum Gasteiger partial charge on any atom is -0.371 e. The van der Waals surface area contributed by atoms with Gasteiger partial charge in [0.05, 0.1) is 11.6 Å². The summed E-state index contributed by atoms with van der Waals surface area (Å²) in [6.45, 7) is 2.24. The minimum absolute atomic E-state index is 0.0446. The molecule has 1 atom stereocenters. The van der Waals surface area contributed by atoms with Crippen molar-refractivity contribution in [2.45, 2.75) is 13.0 Å². The quantitative estimate of drug-likeness (QED) is 0.624. The van der Waals surface area contributed by atoms with Crippen LogP contribution in [0.5, 0.6) is 0 Å². The molecule has 1 unspecified atom stereocenters. The molecule has 2 amide bonds. The predicted molar refractivity (Wildman–Crippen MR) is 99.2 cm³/mol. The first-order valence-corrected chi connectivity index (χ1v) is 8.10. The van der Waals surface area contributed by atoms with Crippen molar-refractivity contribution in [3.05, 3.63) is 41.1 Å². The summed E-state index contributed by atoms with van der Waals surface area (Å²) in [6.07, 6.45) is 0. The van der Waals surface area contributed by atoms with Crippen LogP contribution in [-0.4, -0.2) is 53.7 Å². The van der Waals surface area contributed by atoms with Crippen LogP contribution < -0.4 is 21.3 Å². The predicted octanol–water partition coefficient (Wildman–Crippen LogP) is 0.139. The maximum absolute atomic E-state index is 12.3. The molecule has 0 aliphatic rings. The summed E-state index contributed by atoms with van der Waals surface area (Å²) < 4.78 is 0. The molecule has 10 heteroatoms. The van der Waals surface area contributed by atoms with Crippen LogP contribution in [0.2, 0.25) is 0 Å². The van der Waals surface area contributed by atoms with E-state index in [1.165, 1.54) is 0 Å². The van der Waals surface area contributed by atoms with Crippen molar-refractivity contribution in [1.29, 1.82) is 5.26 Å². The molecule has 0 radical (unpaired) electrons. The number of amides is 2. The van der Waals surface area contributed by atoms with Gasteiger partial charge in [-0.3, -0.25) is 9.59 Å². The molecule has 140 valence electrons. The topological polar surface area (TPSA) is 150 Å². The van der Waals surface area contributed by atoms with E-state index in [4.69, 9.17) is 11.0 Å². The van der Waals surface area contributed by atoms with E-state index in [2.05, 4.69) is 25.8 Å². The molecule has 27 heavy (non-hydrogen) atoms. The van der Waals surface area contributed by atoms with Gasteiger partial charge in [-0.1, -0.05) is 0 Å². The van der Waals surface area contributed by atoms with Crippen LogP contribution in [0.4, 0.5) is 11.8 Å². The van der Waals surface area contributed by atoms with Crippen LogP contribution in [0.3, 0.4) is 0 Å². The lowest BCUT2D eigenvalue weighted by Crippen LogP contribution is -2.41. The van der Waals surface area contributed by atoms with Crippen molar-refractivity contribution >= 4 is 23.6 Å². The lowest BCUT2D eigenvalue weighted by Gasteiger charge is -2.22. The number of nitrogens with two attached hydrogens (primary N) is 1. The highest BCUT2D eigenvalue weighted by Gasteiger charge is 2.17. The van der Waals surface area contributed by atoms with Crippen molar-refractivity contribution in [2.75, 3.05) is 30.9 Å². The second-order valence-electron chi connectivity index (χ2n) is 5.87. The van der Waals surface area contributed by atoms with Gasteiger partial charge in [0.15, 0.2) is 11.5 Å². The Kier molecular flexibility index (Phi) is 6.22. The number of rotatable bonds is 7. The molecule has 2 rings (SSSR count). The fraction of sp³-hybridized carbons (Fsp3) is 0.294. The molecule has 0 aliphatic carbocycles. The summed E-state index contributed by atoms with van der Waals surface area (Å²) in [5.74, 6) is -0.464. The molecule has 1 aromatic carbocycles. The van der Waals surface area contributed by atoms with Crippen LogP contribution in [0, 0.1) is 11.3 Å². The van der Waals surface area contributed by atoms with Gasteiger partial charge in [-0.2, -0.15) is 10.2 Å². The van der Waals surface area contributed by atoms with Crippen molar-refractivity contribution in [1.82, 2.24) is 20.5 Å². The van der Waals surface area contributed by atoms with Crippen molar-refractivity contribution in [3.8, 4) is 6.07 Å². The highest BCUT2D eigenvalue weighted by atomic mass is 16.2. The molecule has 0 bridgehead atoms. The summed E-state index contributed by atoms with van der Waals surface area (Å²) in [6, 6.07) is 8.15. The van der Waals surface area contributed by atoms with Crippen molar-refractivity contribution in [3.63, 3.8) is 0 Å². The zero-order valence-electron chi connectivity index (χ0n) is 15.2. The molecular formula is C17H20N8O2. The van der Waals surface area contributed by atoms with Crippen molar-refractivity contribution < 1.29 is 9.59 Å². The number of primary amides is 1. The Morgan fingerprint density at radius 2 is 1.96 bits per heavy atom.